The summed E-state index contributed by atoms with van der Waals surface area (Å²) < 4.78 is 0. The number of carbonyl (C=O) groups excluding carboxylic acids is 1. The topological polar surface area (TPSA) is 68.8 Å². The molecule has 0 atom stereocenters. The summed E-state index contributed by atoms with van der Waals surface area (Å²) in [4.78, 5) is 19.6. The van der Waals surface area contributed by atoms with Crippen LogP contribution < -0.4 is 16.0 Å². The van der Waals surface area contributed by atoms with Gasteiger partial charge in [-0.15, -0.1) is 0 Å². The van der Waals surface area contributed by atoms with Crippen molar-refractivity contribution in [2.45, 2.75) is 71.4 Å². The van der Waals surface area contributed by atoms with E-state index in [4.69, 9.17) is 4.99 Å². The largest absolute Gasteiger partial charge is 0.357 e. The van der Waals surface area contributed by atoms with E-state index in [-0.39, 0.29) is 17.4 Å². The zero-order chi connectivity index (χ0) is 21.4. The van der Waals surface area contributed by atoms with E-state index in [9.17, 15) is 4.79 Å². The minimum absolute atomic E-state index is 0.0995. The van der Waals surface area contributed by atoms with Gasteiger partial charge >= 0.3 is 0 Å². The van der Waals surface area contributed by atoms with Crippen molar-refractivity contribution >= 4 is 17.6 Å². The molecule has 2 aliphatic rings. The Hall–Kier alpha value is -2.08. The Balaban J connectivity index is 1.55. The minimum atomic E-state index is 0.0995. The molecule has 3 rings (SSSR count). The van der Waals surface area contributed by atoms with Crippen molar-refractivity contribution in [1.82, 2.24) is 15.5 Å². The van der Waals surface area contributed by atoms with E-state index in [0.29, 0.717) is 6.54 Å². The molecular formula is C24H39N5O. The molecule has 6 heteroatoms. The highest BCUT2D eigenvalue weighted by atomic mass is 16.1. The van der Waals surface area contributed by atoms with E-state index < -0.39 is 0 Å². The predicted octanol–water partition coefficient (Wildman–Crippen LogP) is 3.74. The van der Waals surface area contributed by atoms with Gasteiger partial charge in [0.1, 0.15) is 0 Å². The first-order valence-corrected chi connectivity index (χ1v) is 11.6. The predicted molar refractivity (Wildman–Crippen MR) is 125 cm³/mol. The molecule has 1 aromatic rings. The number of nitrogens with one attached hydrogen (secondary N) is 3. The van der Waals surface area contributed by atoms with Crippen LogP contribution in [0.5, 0.6) is 0 Å². The normalized spacial score (nSPS) is 18.6. The lowest BCUT2D eigenvalue weighted by Crippen LogP contribution is -2.54. The summed E-state index contributed by atoms with van der Waals surface area (Å²) in [5.74, 6) is 1.18. The first kappa shape index (κ1) is 22.6. The van der Waals surface area contributed by atoms with Gasteiger partial charge in [-0.05, 0) is 77.2 Å². The molecule has 1 saturated carbocycles. The van der Waals surface area contributed by atoms with Crippen molar-refractivity contribution in [3.05, 3.63) is 29.8 Å². The van der Waals surface area contributed by atoms with Crippen LogP contribution in [-0.2, 0) is 11.3 Å². The second-order valence-electron chi connectivity index (χ2n) is 9.23. The third-order valence-electron chi connectivity index (χ3n) is 6.34. The van der Waals surface area contributed by atoms with Crippen LogP contribution in [-0.4, -0.2) is 48.5 Å². The summed E-state index contributed by atoms with van der Waals surface area (Å²) in [5.41, 5.74) is 2.06. The summed E-state index contributed by atoms with van der Waals surface area (Å²) in [6.45, 7) is 11.3. The molecule has 1 aromatic carbocycles. The van der Waals surface area contributed by atoms with E-state index in [1.165, 1.54) is 38.8 Å². The van der Waals surface area contributed by atoms with Gasteiger partial charge in [-0.25, -0.2) is 4.99 Å². The van der Waals surface area contributed by atoms with Crippen molar-refractivity contribution in [2.24, 2.45) is 10.9 Å². The van der Waals surface area contributed by atoms with Crippen molar-refractivity contribution in [3.63, 3.8) is 0 Å². The molecule has 1 aliphatic carbocycles. The third kappa shape index (κ3) is 6.46. The number of hydrogen-bond acceptors (Lipinski definition) is 3. The lowest BCUT2D eigenvalue weighted by atomic mass is 9.85. The fourth-order valence-corrected chi connectivity index (χ4v) is 4.09. The zero-order valence-electron chi connectivity index (χ0n) is 19.0. The molecule has 0 bridgehead atoms. The average Bonchev–Trinajstić information content (AvgIpc) is 2.70. The lowest BCUT2D eigenvalue weighted by Gasteiger charge is -2.41. The number of amides is 1. The summed E-state index contributed by atoms with van der Waals surface area (Å²) in [6, 6.07) is 8.03. The second kappa shape index (κ2) is 10.8. The van der Waals surface area contributed by atoms with E-state index in [0.717, 1.165) is 43.1 Å². The first-order chi connectivity index (χ1) is 14.5. The molecule has 6 nitrogen and oxygen atoms in total. The maximum absolute atomic E-state index is 12.2. The molecule has 3 N–H and O–H groups in total. The molecular weight excluding hydrogens is 374 g/mol. The number of aliphatic imine (C=N–C) groups is 1. The van der Waals surface area contributed by atoms with Gasteiger partial charge in [0, 0.05) is 30.2 Å². The van der Waals surface area contributed by atoms with E-state index in [2.05, 4.69) is 47.7 Å². The molecule has 30 heavy (non-hydrogen) atoms. The Kier molecular flexibility index (Phi) is 8.14. The van der Waals surface area contributed by atoms with Gasteiger partial charge in [0.05, 0.1) is 6.54 Å². The first-order valence-electron chi connectivity index (χ1n) is 11.6. The zero-order valence-corrected chi connectivity index (χ0v) is 19.0. The van der Waals surface area contributed by atoms with Gasteiger partial charge in [0.25, 0.3) is 0 Å². The summed E-state index contributed by atoms with van der Waals surface area (Å²) in [5, 5.41) is 9.94. The molecule has 2 fully saturated rings. The SMILES string of the molecule is CCNC(=NCc1cccc(NC(=O)C2CCC2)c1)NCC(C)(C)N1CCCCC1. The summed E-state index contributed by atoms with van der Waals surface area (Å²) in [6.07, 6.45) is 7.14. The number of carbonyl (C=O) groups is 1. The number of piperidine rings is 1. The van der Waals surface area contributed by atoms with Crippen molar-refractivity contribution in [3.8, 4) is 0 Å². The number of nitrogens with zero attached hydrogens (tertiary/aromatic N) is 2. The fourth-order valence-electron chi connectivity index (χ4n) is 4.09. The summed E-state index contributed by atoms with van der Waals surface area (Å²) in [7, 11) is 0. The minimum Gasteiger partial charge on any atom is -0.357 e. The molecule has 0 unspecified atom stereocenters. The van der Waals surface area contributed by atoms with Gasteiger partial charge in [0.15, 0.2) is 5.96 Å². The van der Waals surface area contributed by atoms with Crippen molar-refractivity contribution < 1.29 is 4.79 Å². The number of guanidine groups is 1. The second-order valence-corrected chi connectivity index (χ2v) is 9.23. The molecule has 0 spiro atoms. The fraction of sp³-hybridized carbons (Fsp3) is 0.667. The molecule has 0 radical (unpaired) electrons. The van der Waals surface area contributed by atoms with E-state index >= 15 is 0 Å². The Morgan fingerprint density at radius 2 is 1.90 bits per heavy atom. The Morgan fingerprint density at radius 1 is 1.13 bits per heavy atom. The van der Waals surface area contributed by atoms with Crippen LogP contribution in [0, 0.1) is 5.92 Å². The van der Waals surface area contributed by atoms with Crippen LogP contribution in [0.3, 0.4) is 0 Å². The lowest BCUT2D eigenvalue weighted by molar-refractivity contribution is -0.122. The number of likely N-dealkylation sites (tertiary alicyclic amines) is 1. The number of rotatable bonds is 8. The Bertz CT molecular complexity index is 720. The van der Waals surface area contributed by atoms with Gasteiger partial charge in [-0.1, -0.05) is 25.0 Å². The standard InChI is InChI=1S/C24H39N5O/c1-4-25-23(27-18-24(2,3)29-14-6-5-7-15-29)26-17-19-10-8-13-21(16-19)28-22(30)20-11-9-12-20/h8,10,13,16,20H,4-7,9,11-12,14-15,17-18H2,1-3H3,(H,28,30)(H2,25,26,27). The quantitative estimate of drug-likeness (QED) is 0.449. The van der Waals surface area contributed by atoms with Gasteiger partial charge in [-0.2, -0.15) is 0 Å². The molecule has 0 aromatic heterocycles. The highest BCUT2D eigenvalue weighted by Gasteiger charge is 2.28. The third-order valence-corrected chi connectivity index (χ3v) is 6.34. The van der Waals surface area contributed by atoms with Crippen LogP contribution >= 0.6 is 0 Å². The highest BCUT2D eigenvalue weighted by Crippen LogP contribution is 2.27. The van der Waals surface area contributed by atoms with Crippen LogP contribution in [0.2, 0.25) is 0 Å². The molecule has 1 aliphatic heterocycles. The van der Waals surface area contributed by atoms with Crippen LogP contribution in [0.25, 0.3) is 0 Å². The van der Waals surface area contributed by atoms with E-state index in [1.807, 2.05) is 18.2 Å². The molecule has 166 valence electrons. The highest BCUT2D eigenvalue weighted by molar-refractivity contribution is 5.93. The van der Waals surface area contributed by atoms with Crippen LogP contribution in [0.1, 0.15) is 64.9 Å². The van der Waals surface area contributed by atoms with Crippen molar-refractivity contribution in [2.75, 3.05) is 31.5 Å². The van der Waals surface area contributed by atoms with Crippen LogP contribution in [0.4, 0.5) is 5.69 Å². The molecule has 1 saturated heterocycles. The summed E-state index contributed by atoms with van der Waals surface area (Å²) >= 11 is 0. The van der Waals surface area contributed by atoms with Crippen LogP contribution in [0.15, 0.2) is 29.3 Å². The van der Waals surface area contributed by atoms with Crippen molar-refractivity contribution in [1.29, 1.82) is 0 Å². The maximum Gasteiger partial charge on any atom is 0.227 e. The van der Waals surface area contributed by atoms with Gasteiger partial charge in [-0.3, -0.25) is 9.69 Å². The Morgan fingerprint density at radius 3 is 2.57 bits per heavy atom. The van der Waals surface area contributed by atoms with Gasteiger partial charge in [0.2, 0.25) is 5.91 Å². The van der Waals surface area contributed by atoms with Gasteiger partial charge < -0.3 is 16.0 Å². The Labute approximate surface area is 181 Å². The number of benzene rings is 1. The molecule has 1 heterocycles. The van der Waals surface area contributed by atoms with E-state index in [1.54, 1.807) is 0 Å². The monoisotopic (exact) mass is 413 g/mol. The average molecular weight is 414 g/mol. The number of hydrogen-bond donors (Lipinski definition) is 3. The smallest absolute Gasteiger partial charge is 0.227 e. The number of anilines is 1. The molecule has 1 amide bonds. The maximum atomic E-state index is 12.2.